The summed E-state index contributed by atoms with van der Waals surface area (Å²) in [7, 11) is 0. The number of aryl methyl sites for hydroxylation is 1. The zero-order valence-electron chi connectivity index (χ0n) is 18.4. The number of likely N-dealkylation sites (N-methyl/N-ethyl adjacent to an activating group) is 1. The Morgan fingerprint density at radius 2 is 1.71 bits per heavy atom. The van der Waals surface area contributed by atoms with Crippen molar-refractivity contribution in [2.75, 3.05) is 26.2 Å². The Bertz CT molecular complexity index is 1000. The minimum Gasteiger partial charge on any atom is -0.341 e. The van der Waals surface area contributed by atoms with Crippen LogP contribution in [0.4, 0.5) is 0 Å². The summed E-state index contributed by atoms with van der Waals surface area (Å²) in [6.45, 7) is 8.04. The highest BCUT2D eigenvalue weighted by Gasteiger charge is 2.29. The Balaban J connectivity index is 1.49. The number of amides is 1. The van der Waals surface area contributed by atoms with E-state index >= 15 is 0 Å². The molecule has 1 aromatic carbocycles. The first-order chi connectivity index (χ1) is 15.1. The van der Waals surface area contributed by atoms with E-state index in [0.717, 1.165) is 56.1 Å². The van der Waals surface area contributed by atoms with Crippen LogP contribution >= 0.6 is 0 Å². The zero-order chi connectivity index (χ0) is 21.6. The van der Waals surface area contributed by atoms with Gasteiger partial charge in [0.25, 0.3) is 0 Å². The van der Waals surface area contributed by atoms with Gasteiger partial charge in [-0.2, -0.15) is 0 Å². The second kappa shape index (κ2) is 9.84. The Kier molecular flexibility index (Phi) is 6.73. The summed E-state index contributed by atoms with van der Waals surface area (Å²) in [6, 6.07) is 18.8. The summed E-state index contributed by atoms with van der Waals surface area (Å²) < 4.78 is 0. The number of hydrogen-bond acceptors (Lipinski definition) is 4. The van der Waals surface area contributed by atoms with E-state index in [9.17, 15) is 4.79 Å². The second-order valence-electron chi connectivity index (χ2n) is 8.26. The lowest BCUT2D eigenvalue weighted by atomic mass is 9.96. The van der Waals surface area contributed by atoms with E-state index in [4.69, 9.17) is 0 Å². The summed E-state index contributed by atoms with van der Waals surface area (Å²) in [4.78, 5) is 26.3. The van der Waals surface area contributed by atoms with E-state index in [1.54, 1.807) is 0 Å². The van der Waals surface area contributed by atoms with Gasteiger partial charge in [0.15, 0.2) is 0 Å². The predicted molar refractivity (Wildman–Crippen MR) is 123 cm³/mol. The number of carbonyl (C=O) groups excluding carboxylic acids is 1. The summed E-state index contributed by atoms with van der Waals surface area (Å²) in [6.07, 6.45) is 4.37. The van der Waals surface area contributed by atoms with E-state index in [-0.39, 0.29) is 11.8 Å². The van der Waals surface area contributed by atoms with Crippen LogP contribution in [-0.4, -0.2) is 51.9 Å². The molecule has 0 N–H and O–H groups in total. The SMILES string of the molecule is CCN1CCN(Cc2cccc(C)n2)C[C@@H](Cc2ccc(-c3ccncc3)cc2)C1=O. The van der Waals surface area contributed by atoms with Crippen LogP contribution in [-0.2, 0) is 17.8 Å². The average Bonchev–Trinajstić information content (AvgIpc) is 2.93. The molecule has 5 heteroatoms. The molecule has 1 aliphatic heterocycles. The highest BCUT2D eigenvalue weighted by atomic mass is 16.2. The average molecular weight is 415 g/mol. The van der Waals surface area contributed by atoms with Crippen molar-refractivity contribution in [3.05, 3.63) is 83.9 Å². The quantitative estimate of drug-likeness (QED) is 0.612. The molecule has 31 heavy (non-hydrogen) atoms. The summed E-state index contributed by atoms with van der Waals surface area (Å²) in [5.74, 6) is 0.222. The minimum atomic E-state index is -0.0426. The second-order valence-corrected chi connectivity index (χ2v) is 8.26. The van der Waals surface area contributed by atoms with Gasteiger partial charge in [0.1, 0.15) is 0 Å². The van der Waals surface area contributed by atoms with Crippen LogP contribution in [0.15, 0.2) is 67.0 Å². The maximum Gasteiger partial charge on any atom is 0.227 e. The summed E-state index contributed by atoms with van der Waals surface area (Å²) >= 11 is 0. The van der Waals surface area contributed by atoms with E-state index in [0.29, 0.717) is 0 Å². The Morgan fingerprint density at radius 1 is 0.968 bits per heavy atom. The first-order valence-electron chi connectivity index (χ1n) is 11.1. The number of rotatable bonds is 6. The molecular formula is C26H30N4O. The Hall–Kier alpha value is -3.05. The van der Waals surface area contributed by atoms with Gasteiger partial charge in [-0.05, 0) is 61.2 Å². The third-order valence-corrected chi connectivity index (χ3v) is 5.99. The third-order valence-electron chi connectivity index (χ3n) is 5.99. The van der Waals surface area contributed by atoms with Crippen LogP contribution in [0.25, 0.3) is 11.1 Å². The van der Waals surface area contributed by atoms with Crippen LogP contribution in [0.5, 0.6) is 0 Å². The fourth-order valence-electron chi connectivity index (χ4n) is 4.30. The predicted octanol–water partition coefficient (Wildman–Crippen LogP) is 3.98. The molecule has 5 nitrogen and oxygen atoms in total. The molecular weight excluding hydrogens is 384 g/mol. The van der Waals surface area contributed by atoms with E-state index in [2.05, 4.69) is 58.2 Å². The molecule has 0 unspecified atom stereocenters. The monoisotopic (exact) mass is 414 g/mol. The van der Waals surface area contributed by atoms with Crippen molar-refractivity contribution in [2.45, 2.75) is 26.8 Å². The van der Waals surface area contributed by atoms with E-state index in [1.807, 2.05) is 42.4 Å². The molecule has 1 saturated heterocycles. The maximum absolute atomic E-state index is 13.2. The van der Waals surface area contributed by atoms with Gasteiger partial charge < -0.3 is 4.90 Å². The molecule has 3 aromatic rings. The van der Waals surface area contributed by atoms with Crippen LogP contribution in [0.3, 0.4) is 0 Å². The van der Waals surface area contributed by atoms with Gasteiger partial charge in [-0.1, -0.05) is 30.3 Å². The lowest BCUT2D eigenvalue weighted by Gasteiger charge is -2.23. The standard InChI is InChI=1S/C26H30N4O/c1-3-30-16-15-29(19-25-6-4-5-20(2)28-25)18-24(26(30)31)17-21-7-9-22(10-8-21)23-11-13-27-14-12-23/h4-14,24H,3,15-19H2,1-2H3/t24-/m1/s1. The molecule has 2 aromatic heterocycles. The maximum atomic E-state index is 13.2. The van der Waals surface area contributed by atoms with Gasteiger partial charge in [-0.25, -0.2) is 0 Å². The molecule has 160 valence electrons. The van der Waals surface area contributed by atoms with Crippen molar-refractivity contribution in [2.24, 2.45) is 5.92 Å². The van der Waals surface area contributed by atoms with Gasteiger partial charge in [0.2, 0.25) is 5.91 Å². The molecule has 1 atom stereocenters. The summed E-state index contributed by atoms with van der Waals surface area (Å²) in [5.41, 5.74) is 5.62. The number of benzene rings is 1. The largest absolute Gasteiger partial charge is 0.341 e. The summed E-state index contributed by atoms with van der Waals surface area (Å²) in [5, 5.41) is 0. The van der Waals surface area contributed by atoms with Crippen molar-refractivity contribution >= 4 is 5.91 Å². The molecule has 0 radical (unpaired) electrons. The molecule has 1 fully saturated rings. The molecule has 0 bridgehead atoms. The number of nitrogens with zero attached hydrogens (tertiary/aromatic N) is 4. The van der Waals surface area contributed by atoms with Crippen molar-refractivity contribution in [1.29, 1.82) is 0 Å². The first kappa shape index (κ1) is 21.2. The number of aromatic nitrogens is 2. The van der Waals surface area contributed by atoms with Crippen LogP contribution in [0.1, 0.15) is 23.9 Å². The van der Waals surface area contributed by atoms with Gasteiger partial charge >= 0.3 is 0 Å². The van der Waals surface area contributed by atoms with Crippen molar-refractivity contribution in [3.8, 4) is 11.1 Å². The van der Waals surface area contributed by atoms with Gasteiger partial charge in [-0.3, -0.25) is 19.7 Å². The van der Waals surface area contributed by atoms with Crippen molar-refractivity contribution in [3.63, 3.8) is 0 Å². The normalized spacial score (nSPS) is 17.5. The molecule has 0 aliphatic carbocycles. The molecule has 0 saturated carbocycles. The molecule has 3 heterocycles. The Morgan fingerprint density at radius 3 is 2.42 bits per heavy atom. The lowest BCUT2D eigenvalue weighted by molar-refractivity contribution is -0.134. The van der Waals surface area contributed by atoms with Crippen LogP contribution in [0, 0.1) is 12.8 Å². The van der Waals surface area contributed by atoms with E-state index < -0.39 is 0 Å². The minimum absolute atomic E-state index is 0.0426. The zero-order valence-corrected chi connectivity index (χ0v) is 18.4. The lowest BCUT2D eigenvalue weighted by Crippen LogP contribution is -2.37. The fourth-order valence-corrected chi connectivity index (χ4v) is 4.30. The van der Waals surface area contributed by atoms with Gasteiger partial charge in [-0.15, -0.1) is 0 Å². The van der Waals surface area contributed by atoms with E-state index in [1.165, 1.54) is 11.1 Å². The Labute approximate surface area is 184 Å². The number of pyridine rings is 2. The number of carbonyl (C=O) groups is 1. The van der Waals surface area contributed by atoms with Gasteiger partial charge in [0.05, 0.1) is 11.6 Å². The smallest absolute Gasteiger partial charge is 0.227 e. The molecule has 1 aliphatic rings. The highest BCUT2D eigenvalue weighted by Crippen LogP contribution is 2.22. The van der Waals surface area contributed by atoms with Crippen molar-refractivity contribution < 1.29 is 4.79 Å². The van der Waals surface area contributed by atoms with Crippen LogP contribution < -0.4 is 0 Å². The van der Waals surface area contributed by atoms with Crippen LogP contribution in [0.2, 0.25) is 0 Å². The topological polar surface area (TPSA) is 49.3 Å². The first-order valence-corrected chi connectivity index (χ1v) is 11.1. The van der Waals surface area contributed by atoms with Gasteiger partial charge in [0, 0.05) is 50.8 Å². The fraction of sp³-hybridized carbons (Fsp3) is 0.346. The molecule has 0 spiro atoms. The number of hydrogen-bond donors (Lipinski definition) is 0. The highest BCUT2D eigenvalue weighted by molar-refractivity contribution is 5.79. The molecule has 4 rings (SSSR count). The van der Waals surface area contributed by atoms with Crippen molar-refractivity contribution in [1.82, 2.24) is 19.8 Å². The third kappa shape index (κ3) is 5.36. The molecule has 1 amide bonds.